The molecule has 0 unspecified atom stereocenters. The van der Waals surface area contributed by atoms with Crippen LogP contribution in [0.2, 0.25) is 0 Å². The Bertz CT molecular complexity index is 505. The van der Waals surface area contributed by atoms with Crippen LogP contribution in [0.4, 0.5) is 0 Å². The van der Waals surface area contributed by atoms with Gasteiger partial charge in [-0.1, -0.05) is 30.7 Å². The van der Waals surface area contributed by atoms with Crippen molar-refractivity contribution < 1.29 is 17.7 Å². The van der Waals surface area contributed by atoms with Crippen LogP contribution in [0.15, 0.2) is 41.8 Å². The van der Waals surface area contributed by atoms with E-state index in [4.69, 9.17) is 4.18 Å². The highest BCUT2D eigenvalue weighted by atomic mass is 32.2. The zero-order valence-corrected chi connectivity index (χ0v) is 12.1. The summed E-state index contributed by atoms with van der Waals surface area (Å²) >= 11 is 0. The molecule has 1 aromatic rings. The summed E-state index contributed by atoms with van der Waals surface area (Å²) in [6.45, 7) is 7.09. The lowest BCUT2D eigenvalue weighted by Crippen LogP contribution is -2.23. The van der Waals surface area contributed by atoms with Crippen molar-refractivity contribution in [3.63, 3.8) is 0 Å². The predicted molar refractivity (Wildman–Crippen MR) is 74.3 cm³/mol. The van der Waals surface area contributed by atoms with Crippen molar-refractivity contribution in [1.29, 1.82) is 0 Å². The Morgan fingerprint density at radius 3 is 2.47 bits per heavy atom. The second kappa shape index (κ2) is 6.84. The van der Waals surface area contributed by atoms with Crippen LogP contribution < -0.4 is 0 Å². The van der Waals surface area contributed by atoms with Gasteiger partial charge in [0.25, 0.3) is 10.1 Å². The van der Waals surface area contributed by atoms with Crippen molar-refractivity contribution in [1.82, 2.24) is 0 Å². The lowest BCUT2D eigenvalue weighted by Gasteiger charge is -2.17. The lowest BCUT2D eigenvalue weighted by atomic mass is 10.0. The number of hydrogen-bond acceptors (Lipinski definition) is 4. The van der Waals surface area contributed by atoms with Gasteiger partial charge in [-0.3, -0.25) is 4.18 Å². The SMILES string of the molecule is C=CC[C@H](O)[C@@H](C)COS(=O)(=O)c1ccc(C)cc1. The molecule has 1 rings (SSSR count). The molecule has 0 bridgehead atoms. The van der Waals surface area contributed by atoms with E-state index in [0.717, 1.165) is 5.56 Å². The third kappa shape index (κ3) is 4.78. The second-order valence-electron chi connectivity index (χ2n) is 4.62. The fraction of sp³-hybridized carbons (Fsp3) is 0.429. The van der Waals surface area contributed by atoms with Crippen molar-refractivity contribution in [3.8, 4) is 0 Å². The van der Waals surface area contributed by atoms with Crippen LogP contribution >= 0.6 is 0 Å². The van der Waals surface area contributed by atoms with E-state index < -0.39 is 16.2 Å². The molecule has 0 aromatic heterocycles. The molecule has 0 aliphatic heterocycles. The Labute approximate surface area is 114 Å². The van der Waals surface area contributed by atoms with E-state index in [0.29, 0.717) is 6.42 Å². The minimum Gasteiger partial charge on any atom is -0.392 e. The zero-order chi connectivity index (χ0) is 14.5. The minimum absolute atomic E-state index is 0.0504. The summed E-state index contributed by atoms with van der Waals surface area (Å²) in [6.07, 6.45) is 1.36. The van der Waals surface area contributed by atoms with Crippen molar-refractivity contribution in [3.05, 3.63) is 42.5 Å². The number of aliphatic hydroxyl groups excluding tert-OH is 1. The van der Waals surface area contributed by atoms with Crippen molar-refractivity contribution in [2.24, 2.45) is 5.92 Å². The van der Waals surface area contributed by atoms with Gasteiger partial charge in [-0.25, -0.2) is 0 Å². The van der Waals surface area contributed by atoms with Gasteiger partial charge in [-0.05, 0) is 25.5 Å². The summed E-state index contributed by atoms with van der Waals surface area (Å²) in [4.78, 5) is 0.128. The summed E-state index contributed by atoms with van der Waals surface area (Å²) in [5, 5.41) is 9.68. The largest absolute Gasteiger partial charge is 0.392 e. The van der Waals surface area contributed by atoms with E-state index in [9.17, 15) is 13.5 Å². The van der Waals surface area contributed by atoms with Gasteiger partial charge < -0.3 is 5.11 Å². The highest BCUT2D eigenvalue weighted by Crippen LogP contribution is 2.16. The van der Waals surface area contributed by atoms with E-state index in [1.807, 2.05) is 6.92 Å². The fourth-order valence-electron chi connectivity index (χ4n) is 1.48. The van der Waals surface area contributed by atoms with Crippen LogP contribution in [0.5, 0.6) is 0 Å². The highest BCUT2D eigenvalue weighted by Gasteiger charge is 2.19. The topological polar surface area (TPSA) is 63.6 Å². The number of benzene rings is 1. The maximum Gasteiger partial charge on any atom is 0.296 e. The third-order valence-corrected chi connectivity index (χ3v) is 4.16. The van der Waals surface area contributed by atoms with Gasteiger partial charge in [0.05, 0.1) is 17.6 Å². The summed E-state index contributed by atoms with van der Waals surface area (Å²) in [6, 6.07) is 6.45. The quantitative estimate of drug-likeness (QED) is 0.616. The first-order chi connectivity index (χ1) is 8.86. The van der Waals surface area contributed by atoms with Crippen molar-refractivity contribution in [2.45, 2.75) is 31.3 Å². The maximum atomic E-state index is 11.9. The van der Waals surface area contributed by atoms with Gasteiger partial charge in [0.15, 0.2) is 0 Å². The second-order valence-corrected chi connectivity index (χ2v) is 6.24. The number of hydrogen-bond donors (Lipinski definition) is 1. The van der Waals surface area contributed by atoms with Crippen LogP contribution in [0.1, 0.15) is 18.9 Å². The van der Waals surface area contributed by atoms with Gasteiger partial charge in [0, 0.05) is 5.92 Å². The molecule has 0 amide bonds. The molecule has 0 saturated heterocycles. The summed E-state index contributed by atoms with van der Waals surface area (Å²) in [7, 11) is -3.76. The van der Waals surface area contributed by atoms with Crippen LogP contribution in [0, 0.1) is 12.8 Å². The molecule has 106 valence electrons. The standard InChI is InChI=1S/C14H20O4S/c1-4-5-14(15)12(3)10-18-19(16,17)13-8-6-11(2)7-9-13/h4,6-9,12,14-15H,1,5,10H2,2-3H3/t12-,14-/m0/s1. The van der Waals surface area contributed by atoms with E-state index in [2.05, 4.69) is 6.58 Å². The van der Waals surface area contributed by atoms with Crippen LogP contribution in [-0.2, 0) is 14.3 Å². The molecule has 0 spiro atoms. The first-order valence-electron chi connectivity index (χ1n) is 6.12. The van der Waals surface area contributed by atoms with Gasteiger partial charge in [-0.15, -0.1) is 6.58 Å². The highest BCUT2D eigenvalue weighted by molar-refractivity contribution is 7.86. The molecule has 0 fully saturated rings. The molecule has 2 atom stereocenters. The van der Waals surface area contributed by atoms with Crippen LogP contribution in [0.3, 0.4) is 0 Å². The maximum absolute atomic E-state index is 11.9. The van der Waals surface area contributed by atoms with E-state index in [1.54, 1.807) is 25.1 Å². The van der Waals surface area contributed by atoms with Gasteiger partial charge in [0.1, 0.15) is 0 Å². The van der Waals surface area contributed by atoms with Crippen LogP contribution in [0.25, 0.3) is 0 Å². The van der Waals surface area contributed by atoms with Crippen molar-refractivity contribution >= 4 is 10.1 Å². The molecule has 1 N–H and O–H groups in total. The monoisotopic (exact) mass is 284 g/mol. The summed E-state index contributed by atoms with van der Waals surface area (Å²) < 4.78 is 28.8. The zero-order valence-electron chi connectivity index (χ0n) is 11.2. The molecule has 0 radical (unpaired) electrons. The predicted octanol–water partition coefficient (Wildman–Crippen LogP) is 2.27. The molecule has 0 aliphatic carbocycles. The van der Waals surface area contributed by atoms with E-state index in [-0.39, 0.29) is 17.4 Å². The van der Waals surface area contributed by atoms with Crippen LogP contribution in [-0.4, -0.2) is 26.2 Å². The van der Waals surface area contributed by atoms with Gasteiger partial charge in [-0.2, -0.15) is 8.42 Å². The number of rotatable bonds is 7. The molecule has 5 heteroatoms. The Hall–Kier alpha value is -1.17. The Morgan fingerprint density at radius 1 is 1.37 bits per heavy atom. The molecule has 19 heavy (non-hydrogen) atoms. The summed E-state index contributed by atoms with van der Waals surface area (Å²) in [5.74, 6) is -0.279. The average Bonchev–Trinajstić information content (AvgIpc) is 2.37. The molecule has 4 nitrogen and oxygen atoms in total. The lowest BCUT2D eigenvalue weighted by molar-refractivity contribution is 0.0888. The van der Waals surface area contributed by atoms with E-state index in [1.165, 1.54) is 12.1 Å². The summed E-state index contributed by atoms with van der Waals surface area (Å²) in [5.41, 5.74) is 0.980. The first kappa shape index (κ1) is 15.9. The average molecular weight is 284 g/mol. The fourth-order valence-corrected chi connectivity index (χ4v) is 2.48. The molecule has 0 saturated carbocycles. The smallest absolute Gasteiger partial charge is 0.296 e. The normalized spacial score (nSPS) is 14.9. The Kier molecular flexibility index (Phi) is 5.72. The molecule has 0 heterocycles. The number of aliphatic hydroxyl groups is 1. The molecular formula is C14H20O4S. The minimum atomic E-state index is -3.76. The Balaban J connectivity index is 2.65. The molecule has 1 aromatic carbocycles. The van der Waals surface area contributed by atoms with Gasteiger partial charge >= 0.3 is 0 Å². The van der Waals surface area contributed by atoms with Crippen molar-refractivity contribution in [2.75, 3.05) is 6.61 Å². The number of aryl methyl sites for hydroxylation is 1. The third-order valence-electron chi connectivity index (χ3n) is 2.86. The van der Waals surface area contributed by atoms with Gasteiger partial charge in [0.2, 0.25) is 0 Å². The Morgan fingerprint density at radius 2 is 1.95 bits per heavy atom. The molecule has 0 aliphatic rings. The first-order valence-corrected chi connectivity index (χ1v) is 7.52. The van der Waals surface area contributed by atoms with E-state index >= 15 is 0 Å². The molecular weight excluding hydrogens is 264 g/mol.